The lowest BCUT2D eigenvalue weighted by Gasteiger charge is -2.34. The minimum absolute atomic E-state index is 0.0693. The maximum absolute atomic E-state index is 12.7. The van der Waals surface area contributed by atoms with E-state index in [1.165, 1.54) is 5.56 Å². The summed E-state index contributed by atoms with van der Waals surface area (Å²) >= 11 is 0. The topological polar surface area (TPSA) is 67.7 Å². The Balaban J connectivity index is 1.31. The number of rotatable bonds is 6. The zero-order valence-corrected chi connectivity index (χ0v) is 18.1. The number of carbonyl (C=O) groups excluding carboxylic acids is 1. The molecule has 1 fully saturated rings. The van der Waals surface area contributed by atoms with Crippen LogP contribution in [0.5, 0.6) is 5.75 Å². The third kappa shape index (κ3) is 4.77. The van der Waals surface area contributed by atoms with Crippen molar-refractivity contribution in [2.75, 3.05) is 33.3 Å². The zero-order chi connectivity index (χ0) is 21.8. The lowest BCUT2D eigenvalue weighted by Crippen LogP contribution is -2.48. The highest BCUT2D eigenvalue weighted by atomic mass is 16.5. The van der Waals surface area contributed by atoms with E-state index in [2.05, 4.69) is 22.0 Å². The van der Waals surface area contributed by atoms with Gasteiger partial charge in [-0.05, 0) is 29.8 Å². The Kier molecular flexibility index (Phi) is 6.32. The molecule has 1 aliphatic rings. The number of methoxy groups -OCH3 is 1. The molecule has 4 rings (SSSR count). The number of amides is 1. The normalized spacial score (nSPS) is 14.7. The van der Waals surface area contributed by atoms with Crippen molar-refractivity contribution in [2.24, 2.45) is 7.05 Å². The molecule has 3 aromatic rings. The lowest BCUT2D eigenvalue weighted by molar-refractivity contribution is -0.133. The van der Waals surface area contributed by atoms with Crippen LogP contribution in [0.1, 0.15) is 17.8 Å². The van der Waals surface area contributed by atoms with Crippen molar-refractivity contribution >= 4 is 16.8 Å². The van der Waals surface area contributed by atoms with E-state index in [1.54, 1.807) is 24.8 Å². The smallest absolute Gasteiger partial charge is 0.261 e. The Morgan fingerprint density at radius 3 is 2.45 bits per heavy atom. The van der Waals surface area contributed by atoms with E-state index in [0.29, 0.717) is 29.6 Å². The number of aromatic nitrogens is 2. The molecule has 1 aromatic heterocycles. The second-order valence-electron chi connectivity index (χ2n) is 7.91. The second-order valence-corrected chi connectivity index (χ2v) is 7.91. The van der Waals surface area contributed by atoms with Crippen LogP contribution in [-0.4, -0.2) is 58.5 Å². The van der Waals surface area contributed by atoms with Gasteiger partial charge in [0.1, 0.15) is 11.6 Å². The summed E-state index contributed by atoms with van der Waals surface area (Å²) < 4.78 is 6.77. The van der Waals surface area contributed by atoms with Gasteiger partial charge in [-0.1, -0.05) is 24.3 Å². The number of piperazine rings is 1. The maximum atomic E-state index is 12.7. The van der Waals surface area contributed by atoms with Gasteiger partial charge in [-0.15, -0.1) is 0 Å². The first-order chi connectivity index (χ1) is 15.0. The van der Waals surface area contributed by atoms with Crippen LogP contribution < -0.4 is 10.3 Å². The summed E-state index contributed by atoms with van der Waals surface area (Å²) in [7, 11) is 3.39. The molecule has 0 radical (unpaired) electrons. The van der Waals surface area contributed by atoms with E-state index in [-0.39, 0.29) is 11.5 Å². The van der Waals surface area contributed by atoms with E-state index < -0.39 is 0 Å². The van der Waals surface area contributed by atoms with Crippen LogP contribution >= 0.6 is 0 Å². The van der Waals surface area contributed by atoms with Crippen molar-refractivity contribution in [2.45, 2.75) is 19.4 Å². The van der Waals surface area contributed by atoms with Gasteiger partial charge < -0.3 is 9.64 Å². The van der Waals surface area contributed by atoms with Crippen LogP contribution in [0.3, 0.4) is 0 Å². The minimum Gasteiger partial charge on any atom is -0.497 e. The number of carbonyl (C=O) groups is 1. The molecule has 31 heavy (non-hydrogen) atoms. The number of fused-ring (bicyclic) bond motifs is 1. The highest BCUT2D eigenvalue weighted by Crippen LogP contribution is 2.15. The third-order valence-corrected chi connectivity index (χ3v) is 5.93. The molecule has 0 atom stereocenters. The van der Waals surface area contributed by atoms with Crippen LogP contribution in [0.25, 0.3) is 10.9 Å². The Bertz CT molecular complexity index is 1120. The van der Waals surface area contributed by atoms with Crippen molar-refractivity contribution in [3.8, 4) is 5.75 Å². The summed E-state index contributed by atoms with van der Waals surface area (Å²) in [5, 5.41) is 0.605. The standard InChI is InChI=1S/C24H28N4O3/c1-26-22(25-21-6-4-3-5-20(21)24(26)30)11-12-23(29)28-15-13-27(14-16-28)17-18-7-9-19(31-2)10-8-18/h3-10H,11-17H2,1-2H3. The lowest BCUT2D eigenvalue weighted by atomic mass is 10.1. The van der Waals surface area contributed by atoms with Gasteiger partial charge in [0.05, 0.1) is 18.0 Å². The van der Waals surface area contributed by atoms with Gasteiger partial charge in [0.25, 0.3) is 5.56 Å². The van der Waals surface area contributed by atoms with Gasteiger partial charge in [0, 0.05) is 52.6 Å². The van der Waals surface area contributed by atoms with Crippen molar-refractivity contribution in [3.63, 3.8) is 0 Å². The van der Waals surface area contributed by atoms with Crippen molar-refractivity contribution in [1.29, 1.82) is 0 Å². The minimum atomic E-state index is -0.0693. The fraction of sp³-hybridized carbons (Fsp3) is 0.375. The van der Waals surface area contributed by atoms with E-state index in [0.717, 1.165) is 38.5 Å². The van der Waals surface area contributed by atoms with E-state index >= 15 is 0 Å². The molecule has 1 aliphatic heterocycles. The highest BCUT2D eigenvalue weighted by Gasteiger charge is 2.21. The third-order valence-electron chi connectivity index (χ3n) is 5.93. The first-order valence-corrected chi connectivity index (χ1v) is 10.6. The molecule has 0 bridgehead atoms. The summed E-state index contributed by atoms with van der Waals surface area (Å²) in [6.07, 6.45) is 0.818. The highest BCUT2D eigenvalue weighted by molar-refractivity contribution is 5.78. The van der Waals surface area contributed by atoms with E-state index in [1.807, 2.05) is 35.2 Å². The predicted molar refractivity (Wildman–Crippen MR) is 120 cm³/mol. The first kappa shape index (κ1) is 21.1. The fourth-order valence-electron chi connectivity index (χ4n) is 4.01. The molecule has 162 valence electrons. The Morgan fingerprint density at radius 2 is 1.74 bits per heavy atom. The summed E-state index contributed by atoms with van der Waals surface area (Å²) in [4.78, 5) is 34.2. The van der Waals surface area contributed by atoms with E-state index in [9.17, 15) is 9.59 Å². The maximum Gasteiger partial charge on any atom is 0.261 e. The monoisotopic (exact) mass is 420 g/mol. The molecule has 0 N–H and O–H groups in total. The number of ether oxygens (including phenoxy) is 1. The molecular weight excluding hydrogens is 392 g/mol. The molecule has 7 heteroatoms. The fourth-order valence-corrected chi connectivity index (χ4v) is 4.01. The molecule has 2 heterocycles. The summed E-state index contributed by atoms with van der Waals surface area (Å²) in [5.41, 5.74) is 1.85. The Labute approximate surface area is 181 Å². The predicted octanol–water partition coefficient (Wildman–Crippen LogP) is 2.22. The van der Waals surface area contributed by atoms with Gasteiger partial charge in [0.2, 0.25) is 5.91 Å². The van der Waals surface area contributed by atoms with Gasteiger partial charge in [-0.2, -0.15) is 0 Å². The van der Waals surface area contributed by atoms with Crippen LogP contribution in [0.2, 0.25) is 0 Å². The first-order valence-electron chi connectivity index (χ1n) is 10.6. The van der Waals surface area contributed by atoms with Crippen molar-refractivity contribution in [1.82, 2.24) is 19.4 Å². The quantitative estimate of drug-likeness (QED) is 0.612. The SMILES string of the molecule is COc1ccc(CN2CCN(C(=O)CCc3nc4ccccc4c(=O)n3C)CC2)cc1. The molecule has 0 saturated carbocycles. The molecule has 7 nitrogen and oxygen atoms in total. The number of para-hydroxylation sites is 1. The van der Waals surface area contributed by atoms with Crippen LogP contribution in [0.4, 0.5) is 0 Å². The number of nitrogens with zero attached hydrogens (tertiary/aromatic N) is 4. The molecule has 2 aromatic carbocycles. The Morgan fingerprint density at radius 1 is 1.03 bits per heavy atom. The van der Waals surface area contributed by atoms with Crippen molar-refractivity contribution in [3.05, 3.63) is 70.3 Å². The molecule has 0 aliphatic carbocycles. The largest absolute Gasteiger partial charge is 0.497 e. The van der Waals surface area contributed by atoms with Gasteiger partial charge >= 0.3 is 0 Å². The van der Waals surface area contributed by atoms with Crippen LogP contribution in [0.15, 0.2) is 53.3 Å². The summed E-state index contributed by atoms with van der Waals surface area (Å²) in [5.74, 6) is 1.62. The zero-order valence-electron chi connectivity index (χ0n) is 18.1. The van der Waals surface area contributed by atoms with Gasteiger partial charge in [-0.3, -0.25) is 19.1 Å². The Hall–Kier alpha value is -3.19. The summed E-state index contributed by atoms with van der Waals surface area (Å²) in [6, 6.07) is 15.4. The molecule has 0 spiro atoms. The van der Waals surface area contributed by atoms with Crippen LogP contribution in [-0.2, 0) is 24.8 Å². The number of aryl methyl sites for hydroxylation is 1. The molecule has 0 unspecified atom stereocenters. The number of benzene rings is 2. The number of hydrogen-bond donors (Lipinski definition) is 0. The van der Waals surface area contributed by atoms with Crippen LogP contribution in [0, 0.1) is 0 Å². The van der Waals surface area contributed by atoms with Gasteiger partial charge in [-0.25, -0.2) is 4.98 Å². The molecular formula is C24H28N4O3. The van der Waals surface area contributed by atoms with Gasteiger partial charge in [0.15, 0.2) is 0 Å². The van der Waals surface area contributed by atoms with E-state index in [4.69, 9.17) is 4.74 Å². The molecule has 1 saturated heterocycles. The second kappa shape index (κ2) is 9.31. The summed E-state index contributed by atoms with van der Waals surface area (Å²) in [6.45, 7) is 4.02. The average Bonchev–Trinajstić information content (AvgIpc) is 2.81. The molecule has 1 amide bonds. The average molecular weight is 421 g/mol. The van der Waals surface area contributed by atoms with Crippen molar-refractivity contribution < 1.29 is 9.53 Å². The number of hydrogen-bond acceptors (Lipinski definition) is 5.